The van der Waals surface area contributed by atoms with E-state index in [-0.39, 0.29) is 10.6 Å². The second kappa shape index (κ2) is 7.93. The van der Waals surface area contributed by atoms with Crippen LogP contribution in [-0.4, -0.2) is 41.5 Å². The summed E-state index contributed by atoms with van der Waals surface area (Å²) in [4.78, 5) is 17.1. The molecule has 0 saturated carbocycles. The van der Waals surface area contributed by atoms with E-state index in [2.05, 4.69) is 41.4 Å². The molecule has 0 fully saturated rings. The first-order valence-corrected chi connectivity index (χ1v) is 8.51. The number of hydrogen-bond acceptors (Lipinski definition) is 5. The Hall–Kier alpha value is -2.99. The van der Waals surface area contributed by atoms with E-state index in [4.69, 9.17) is 0 Å². The zero-order chi connectivity index (χ0) is 18.5. The second-order valence-corrected chi connectivity index (χ2v) is 6.50. The minimum Gasteiger partial charge on any atom is -0.383 e. The third-order valence-corrected chi connectivity index (χ3v) is 4.56. The predicted octanol–water partition coefficient (Wildman–Crippen LogP) is 3.73. The first-order valence-electron chi connectivity index (χ1n) is 8.51. The molecule has 1 atom stereocenters. The normalized spacial score (nSPS) is 12.3. The van der Waals surface area contributed by atoms with Gasteiger partial charge in [0.1, 0.15) is 0 Å². The van der Waals surface area contributed by atoms with Gasteiger partial charge in [0.05, 0.1) is 10.3 Å². The maximum Gasteiger partial charge on any atom is 0.278 e. The molecule has 6 nitrogen and oxygen atoms in total. The van der Waals surface area contributed by atoms with E-state index in [1.54, 1.807) is 18.5 Å². The summed E-state index contributed by atoms with van der Waals surface area (Å²) < 4.78 is 0. The molecule has 3 aromatic rings. The Balaban J connectivity index is 1.82. The van der Waals surface area contributed by atoms with Crippen molar-refractivity contribution in [2.75, 3.05) is 26.0 Å². The van der Waals surface area contributed by atoms with Crippen LogP contribution in [-0.2, 0) is 6.42 Å². The van der Waals surface area contributed by atoms with Crippen LogP contribution in [0.4, 0.5) is 11.4 Å². The van der Waals surface area contributed by atoms with E-state index >= 15 is 0 Å². The average Bonchev–Trinajstić information content (AvgIpc) is 2.65. The van der Waals surface area contributed by atoms with Crippen LogP contribution in [0.5, 0.6) is 0 Å². The van der Waals surface area contributed by atoms with Crippen molar-refractivity contribution in [3.05, 3.63) is 76.6 Å². The first kappa shape index (κ1) is 17.8. The molecule has 26 heavy (non-hydrogen) atoms. The number of likely N-dealkylation sites (N-methyl/N-ethyl adjacent to an activating group) is 1. The van der Waals surface area contributed by atoms with Gasteiger partial charge in [0.25, 0.3) is 5.69 Å². The topological polar surface area (TPSA) is 71.3 Å². The summed E-state index contributed by atoms with van der Waals surface area (Å²) in [6, 6.07) is 15.8. The number of fused-ring (bicyclic) bond motifs is 1. The Kier molecular flexibility index (Phi) is 5.43. The summed E-state index contributed by atoms with van der Waals surface area (Å²) in [6.07, 6.45) is 4.13. The van der Waals surface area contributed by atoms with Gasteiger partial charge in [0.2, 0.25) is 0 Å². The van der Waals surface area contributed by atoms with Crippen LogP contribution in [0.3, 0.4) is 0 Å². The number of nitro benzene ring substituents is 1. The SMILES string of the molecule is CN(C)[C@@H](CNc1ccc([N+](=O)[O-])c2cnccc12)Cc1ccccc1. The van der Waals surface area contributed by atoms with Gasteiger partial charge < -0.3 is 10.2 Å². The van der Waals surface area contributed by atoms with Crippen LogP contribution in [0.15, 0.2) is 60.9 Å². The summed E-state index contributed by atoms with van der Waals surface area (Å²) >= 11 is 0. The molecule has 0 aliphatic heterocycles. The van der Waals surface area contributed by atoms with Crippen LogP contribution >= 0.6 is 0 Å². The van der Waals surface area contributed by atoms with Crippen molar-refractivity contribution < 1.29 is 4.92 Å². The average molecular weight is 350 g/mol. The molecule has 0 bridgehead atoms. The molecule has 2 aromatic carbocycles. The zero-order valence-corrected chi connectivity index (χ0v) is 14.9. The van der Waals surface area contributed by atoms with Gasteiger partial charge in [0.15, 0.2) is 0 Å². The Labute approximate surface area is 152 Å². The van der Waals surface area contributed by atoms with Crippen LogP contribution in [0.2, 0.25) is 0 Å². The summed E-state index contributed by atoms with van der Waals surface area (Å²) in [7, 11) is 4.13. The van der Waals surface area contributed by atoms with Crippen LogP contribution < -0.4 is 5.32 Å². The lowest BCUT2D eigenvalue weighted by Crippen LogP contribution is -2.36. The van der Waals surface area contributed by atoms with Gasteiger partial charge >= 0.3 is 0 Å². The van der Waals surface area contributed by atoms with Gasteiger partial charge in [-0.25, -0.2) is 0 Å². The van der Waals surface area contributed by atoms with Gasteiger partial charge in [-0.1, -0.05) is 30.3 Å². The molecule has 0 aliphatic rings. The largest absolute Gasteiger partial charge is 0.383 e. The van der Waals surface area contributed by atoms with Crippen molar-refractivity contribution >= 4 is 22.1 Å². The smallest absolute Gasteiger partial charge is 0.278 e. The fourth-order valence-corrected chi connectivity index (χ4v) is 3.04. The second-order valence-electron chi connectivity index (χ2n) is 6.50. The standard InChI is InChI=1S/C20H22N4O2/c1-23(2)16(12-15-6-4-3-5-7-15)13-22-19-8-9-20(24(25)26)18-14-21-11-10-17(18)19/h3-11,14,16,22H,12-13H2,1-2H3/t16-/m1/s1. The molecule has 0 spiro atoms. The molecule has 0 aliphatic carbocycles. The van der Waals surface area contributed by atoms with Gasteiger partial charge in [0, 0.05) is 42.1 Å². The summed E-state index contributed by atoms with van der Waals surface area (Å²) in [6.45, 7) is 0.733. The summed E-state index contributed by atoms with van der Waals surface area (Å²) in [5.41, 5.74) is 2.24. The number of hydrogen-bond donors (Lipinski definition) is 1. The highest BCUT2D eigenvalue weighted by molar-refractivity contribution is 5.99. The predicted molar refractivity (Wildman–Crippen MR) is 105 cm³/mol. The van der Waals surface area contributed by atoms with Crippen LogP contribution in [0, 0.1) is 10.1 Å². The molecule has 0 amide bonds. The maximum absolute atomic E-state index is 11.2. The minimum absolute atomic E-state index is 0.0760. The highest BCUT2D eigenvalue weighted by Crippen LogP contribution is 2.30. The lowest BCUT2D eigenvalue weighted by Gasteiger charge is -2.25. The maximum atomic E-state index is 11.2. The number of benzene rings is 2. The molecule has 0 saturated heterocycles. The van der Waals surface area contributed by atoms with E-state index in [1.165, 1.54) is 11.6 Å². The third kappa shape index (κ3) is 3.97. The van der Waals surface area contributed by atoms with E-state index < -0.39 is 0 Å². The molecular weight excluding hydrogens is 328 g/mol. The molecule has 0 radical (unpaired) electrons. The number of anilines is 1. The highest BCUT2D eigenvalue weighted by atomic mass is 16.6. The molecule has 3 rings (SSSR count). The lowest BCUT2D eigenvalue weighted by molar-refractivity contribution is -0.383. The number of nitrogens with zero attached hydrogens (tertiary/aromatic N) is 3. The monoisotopic (exact) mass is 350 g/mol. The number of nitro groups is 1. The van der Waals surface area contributed by atoms with Crippen molar-refractivity contribution in [1.82, 2.24) is 9.88 Å². The molecule has 0 unspecified atom stereocenters. The molecule has 6 heteroatoms. The number of non-ortho nitro benzene ring substituents is 1. The van der Waals surface area contributed by atoms with Crippen LogP contribution in [0.1, 0.15) is 5.56 Å². The number of aromatic nitrogens is 1. The van der Waals surface area contributed by atoms with E-state index in [1.807, 2.05) is 24.3 Å². The van der Waals surface area contributed by atoms with Gasteiger partial charge in [-0.05, 0) is 38.2 Å². The van der Waals surface area contributed by atoms with Crippen molar-refractivity contribution in [3.63, 3.8) is 0 Å². The number of nitrogens with one attached hydrogen (secondary N) is 1. The zero-order valence-electron chi connectivity index (χ0n) is 14.9. The van der Waals surface area contributed by atoms with E-state index in [9.17, 15) is 10.1 Å². The van der Waals surface area contributed by atoms with E-state index in [0.29, 0.717) is 11.4 Å². The third-order valence-electron chi connectivity index (χ3n) is 4.56. The van der Waals surface area contributed by atoms with E-state index in [0.717, 1.165) is 24.0 Å². The molecule has 1 heterocycles. The van der Waals surface area contributed by atoms with Gasteiger partial charge in [-0.3, -0.25) is 15.1 Å². The van der Waals surface area contributed by atoms with Gasteiger partial charge in [-0.15, -0.1) is 0 Å². The number of rotatable bonds is 7. The fraction of sp³-hybridized carbons (Fsp3) is 0.250. The molecule has 134 valence electrons. The Morgan fingerprint density at radius 1 is 1.12 bits per heavy atom. The lowest BCUT2D eigenvalue weighted by atomic mass is 10.0. The quantitative estimate of drug-likeness (QED) is 0.519. The van der Waals surface area contributed by atoms with Crippen molar-refractivity contribution in [3.8, 4) is 0 Å². The Morgan fingerprint density at radius 2 is 1.88 bits per heavy atom. The highest BCUT2D eigenvalue weighted by Gasteiger charge is 2.16. The minimum atomic E-state index is -0.369. The Bertz CT molecular complexity index is 897. The summed E-state index contributed by atoms with van der Waals surface area (Å²) in [5.74, 6) is 0. The first-order chi connectivity index (χ1) is 12.6. The Morgan fingerprint density at radius 3 is 2.58 bits per heavy atom. The number of pyridine rings is 1. The summed E-state index contributed by atoms with van der Waals surface area (Å²) in [5, 5.41) is 16.1. The molecule has 1 aromatic heterocycles. The van der Waals surface area contributed by atoms with Crippen molar-refractivity contribution in [2.45, 2.75) is 12.5 Å². The molecule has 1 N–H and O–H groups in total. The van der Waals surface area contributed by atoms with Crippen molar-refractivity contribution in [1.29, 1.82) is 0 Å². The molecular formula is C20H22N4O2. The van der Waals surface area contributed by atoms with Gasteiger partial charge in [-0.2, -0.15) is 0 Å². The van der Waals surface area contributed by atoms with Crippen LogP contribution in [0.25, 0.3) is 10.8 Å². The fourth-order valence-electron chi connectivity index (χ4n) is 3.04. The van der Waals surface area contributed by atoms with Crippen molar-refractivity contribution in [2.24, 2.45) is 0 Å².